The van der Waals surface area contributed by atoms with Crippen molar-refractivity contribution in [2.45, 2.75) is 39.3 Å². The maximum Gasteiger partial charge on any atom is 0.267 e. The molecular weight excluding hydrogens is 380 g/mol. The van der Waals surface area contributed by atoms with Gasteiger partial charge in [-0.2, -0.15) is 0 Å². The van der Waals surface area contributed by atoms with Gasteiger partial charge in [0.1, 0.15) is 11.6 Å². The Balaban J connectivity index is 1.46. The molecule has 7 heteroatoms. The lowest BCUT2D eigenvalue weighted by atomic mass is 10.0. The lowest BCUT2D eigenvalue weighted by Crippen LogP contribution is -2.46. The molecule has 156 valence electrons. The number of amides is 2. The number of imidazole rings is 1. The molecule has 0 saturated heterocycles. The van der Waals surface area contributed by atoms with E-state index in [1.54, 1.807) is 11.8 Å². The molecule has 4 rings (SSSR count). The molecule has 0 fully saturated rings. The molecule has 1 aliphatic heterocycles. The van der Waals surface area contributed by atoms with Gasteiger partial charge in [0.25, 0.3) is 5.91 Å². The fraction of sp³-hybridized carbons (Fsp3) is 0.348. The summed E-state index contributed by atoms with van der Waals surface area (Å²) in [6.45, 7) is 6.10. The highest BCUT2D eigenvalue weighted by Crippen LogP contribution is 2.33. The third kappa shape index (κ3) is 3.87. The third-order valence-corrected chi connectivity index (χ3v) is 5.32. The Labute approximate surface area is 175 Å². The molecule has 2 atom stereocenters. The summed E-state index contributed by atoms with van der Waals surface area (Å²) in [4.78, 5) is 35.0. The number of aromatic nitrogens is 2. The molecule has 1 aromatic heterocycles. The van der Waals surface area contributed by atoms with Crippen molar-refractivity contribution in [2.24, 2.45) is 5.92 Å². The first-order chi connectivity index (χ1) is 14.4. The fourth-order valence-electron chi connectivity index (χ4n) is 3.72. The first-order valence-electron chi connectivity index (χ1n) is 10.2. The Morgan fingerprint density at radius 3 is 2.70 bits per heavy atom. The van der Waals surface area contributed by atoms with Crippen LogP contribution in [-0.4, -0.2) is 34.4 Å². The lowest BCUT2D eigenvalue weighted by molar-refractivity contribution is -0.125. The number of H-pyrrole nitrogens is 1. The minimum atomic E-state index is -0.568. The highest BCUT2D eigenvalue weighted by Gasteiger charge is 2.31. The summed E-state index contributed by atoms with van der Waals surface area (Å²) in [5, 5.41) is 3.08. The summed E-state index contributed by atoms with van der Waals surface area (Å²) >= 11 is 0. The predicted molar refractivity (Wildman–Crippen MR) is 115 cm³/mol. The summed E-state index contributed by atoms with van der Waals surface area (Å²) in [5.74, 6) is 1.28. The Bertz CT molecular complexity index is 1040. The van der Waals surface area contributed by atoms with Crippen LogP contribution in [-0.2, 0) is 9.59 Å². The zero-order valence-corrected chi connectivity index (χ0v) is 17.4. The van der Waals surface area contributed by atoms with Crippen LogP contribution in [0.4, 0.5) is 5.69 Å². The number of rotatable bonds is 6. The van der Waals surface area contributed by atoms with E-state index in [9.17, 15) is 9.59 Å². The second kappa shape index (κ2) is 8.18. The molecule has 0 saturated carbocycles. The van der Waals surface area contributed by atoms with Gasteiger partial charge in [0, 0.05) is 13.0 Å². The van der Waals surface area contributed by atoms with Crippen LogP contribution in [0.1, 0.15) is 39.1 Å². The number of benzene rings is 2. The monoisotopic (exact) mass is 406 g/mol. The fourth-order valence-corrected chi connectivity index (χ4v) is 3.72. The first-order valence-corrected chi connectivity index (χ1v) is 10.2. The van der Waals surface area contributed by atoms with Crippen LogP contribution in [0.5, 0.6) is 5.75 Å². The van der Waals surface area contributed by atoms with Crippen LogP contribution in [0.15, 0.2) is 48.5 Å². The van der Waals surface area contributed by atoms with E-state index in [4.69, 9.17) is 4.74 Å². The normalized spacial score (nSPS) is 17.0. The Kier molecular flexibility index (Phi) is 5.44. The van der Waals surface area contributed by atoms with Gasteiger partial charge < -0.3 is 19.9 Å². The predicted octanol–water partition coefficient (Wildman–Crippen LogP) is 3.58. The molecule has 2 aromatic carbocycles. The minimum absolute atomic E-state index is 0.126. The number of ether oxygens (including phenoxy) is 1. The quantitative estimate of drug-likeness (QED) is 0.655. The summed E-state index contributed by atoms with van der Waals surface area (Å²) in [6, 6.07) is 15.0. The number of carbonyl (C=O) groups excluding carboxylic acids is 2. The van der Waals surface area contributed by atoms with E-state index in [0.717, 1.165) is 16.9 Å². The standard InChI is InChI=1S/C23H26N4O3/c1-14(2)21(22-24-16-8-4-5-9-17(16)25-22)26-20(28)12-13-27-18-10-6-7-11-19(18)30-15(3)23(27)29/h4-11,14-15,21H,12-13H2,1-3H3,(H,24,25)(H,26,28)/t15?,21-/m0/s1. The van der Waals surface area contributed by atoms with Crippen molar-refractivity contribution in [3.05, 3.63) is 54.4 Å². The van der Waals surface area contributed by atoms with Gasteiger partial charge in [0.15, 0.2) is 6.10 Å². The molecule has 2 N–H and O–H groups in total. The van der Waals surface area contributed by atoms with Gasteiger partial charge in [-0.1, -0.05) is 38.1 Å². The molecule has 2 amide bonds. The number of hydrogen-bond acceptors (Lipinski definition) is 4. The van der Waals surface area contributed by atoms with Crippen molar-refractivity contribution < 1.29 is 14.3 Å². The first kappa shape index (κ1) is 19.9. The van der Waals surface area contributed by atoms with Crippen LogP contribution >= 0.6 is 0 Å². The second-order valence-corrected chi connectivity index (χ2v) is 7.90. The molecule has 30 heavy (non-hydrogen) atoms. The number of para-hydroxylation sites is 4. The molecule has 2 heterocycles. The van der Waals surface area contributed by atoms with E-state index in [1.165, 1.54) is 0 Å². The summed E-state index contributed by atoms with van der Waals surface area (Å²) in [5.41, 5.74) is 2.51. The smallest absolute Gasteiger partial charge is 0.267 e. The number of carbonyl (C=O) groups is 2. The largest absolute Gasteiger partial charge is 0.479 e. The van der Waals surface area contributed by atoms with Gasteiger partial charge >= 0.3 is 0 Å². The SMILES string of the molecule is CC1Oc2ccccc2N(CCC(=O)N[C@H](c2nc3ccccc3[nH]2)C(C)C)C1=O. The van der Waals surface area contributed by atoms with Crippen molar-refractivity contribution in [3.8, 4) is 5.75 Å². The van der Waals surface area contributed by atoms with E-state index in [2.05, 4.69) is 15.3 Å². The number of aromatic amines is 1. The molecule has 1 aliphatic rings. The van der Waals surface area contributed by atoms with E-state index in [0.29, 0.717) is 18.0 Å². The number of hydrogen-bond donors (Lipinski definition) is 2. The van der Waals surface area contributed by atoms with Crippen molar-refractivity contribution in [1.82, 2.24) is 15.3 Å². The van der Waals surface area contributed by atoms with Crippen molar-refractivity contribution in [1.29, 1.82) is 0 Å². The Morgan fingerprint density at radius 2 is 1.93 bits per heavy atom. The molecule has 3 aromatic rings. The van der Waals surface area contributed by atoms with Gasteiger partial charge in [-0.3, -0.25) is 9.59 Å². The maximum absolute atomic E-state index is 12.8. The third-order valence-electron chi connectivity index (χ3n) is 5.32. The summed E-state index contributed by atoms with van der Waals surface area (Å²) in [7, 11) is 0. The van der Waals surface area contributed by atoms with E-state index >= 15 is 0 Å². The highest BCUT2D eigenvalue weighted by atomic mass is 16.5. The zero-order chi connectivity index (χ0) is 21.3. The number of anilines is 1. The van der Waals surface area contributed by atoms with Crippen LogP contribution in [0.3, 0.4) is 0 Å². The van der Waals surface area contributed by atoms with E-state index < -0.39 is 6.10 Å². The molecule has 0 radical (unpaired) electrons. The molecule has 1 unspecified atom stereocenters. The number of fused-ring (bicyclic) bond motifs is 2. The van der Waals surface area contributed by atoms with Crippen LogP contribution < -0.4 is 15.0 Å². The second-order valence-electron chi connectivity index (χ2n) is 7.90. The van der Waals surface area contributed by atoms with Crippen molar-refractivity contribution >= 4 is 28.5 Å². The lowest BCUT2D eigenvalue weighted by Gasteiger charge is -2.33. The average molecular weight is 406 g/mol. The van der Waals surface area contributed by atoms with Gasteiger partial charge in [0.2, 0.25) is 5.91 Å². The van der Waals surface area contributed by atoms with Gasteiger partial charge in [-0.05, 0) is 37.1 Å². The molecule has 0 spiro atoms. The highest BCUT2D eigenvalue weighted by molar-refractivity contribution is 6.00. The average Bonchev–Trinajstić information content (AvgIpc) is 3.16. The molecule has 0 aliphatic carbocycles. The van der Waals surface area contributed by atoms with E-state index in [-0.39, 0.29) is 30.2 Å². The topological polar surface area (TPSA) is 87.3 Å². The number of nitrogens with one attached hydrogen (secondary N) is 2. The minimum Gasteiger partial charge on any atom is -0.479 e. The summed E-state index contributed by atoms with van der Waals surface area (Å²) in [6.07, 6.45) is -0.377. The molecule has 7 nitrogen and oxygen atoms in total. The zero-order valence-electron chi connectivity index (χ0n) is 17.4. The van der Waals surface area contributed by atoms with Crippen LogP contribution in [0.25, 0.3) is 11.0 Å². The summed E-state index contributed by atoms with van der Waals surface area (Å²) < 4.78 is 5.66. The van der Waals surface area contributed by atoms with E-state index in [1.807, 2.05) is 62.4 Å². The van der Waals surface area contributed by atoms with Gasteiger partial charge in [-0.15, -0.1) is 0 Å². The Morgan fingerprint density at radius 1 is 1.20 bits per heavy atom. The van der Waals surface area contributed by atoms with Crippen molar-refractivity contribution in [3.63, 3.8) is 0 Å². The van der Waals surface area contributed by atoms with Crippen LogP contribution in [0, 0.1) is 5.92 Å². The Hall–Kier alpha value is -3.35. The molecular formula is C23H26N4O3. The van der Waals surface area contributed by atoms with Crippen LogP contribution in [0.2, 0.25) is 0 Å². The maximum atomic E-state index is 12.8. The molecule has 0 bridgehead atoms. The van der Waals surface area contributed by atoms with Crippen molar-refractivity contribution in [2.75, 3.05) is 11.4 Å². The van der Waals surface area contributed by atoms with Gasteiger partial charge in [0.05, 0.1) is 22.8 Å². The number of nitrogens with zero attached hydrogens (tertiary/aromatic N) is 2. The van der Waals surface area contributed by atoms with Gasteiger partial charge in [-0.25, -0.2) is 4.98 Å².